The van der Waals surface area contributed by atoms with Gasteiger partial charge in [0.25, 0.3) is 10.1 Å². The van der Waals surface area contributed by atoms with Crippen LogP contribution in [-0.2, 0) is 20.5 Å². The van der Waals surface area contributed by atoms with Crippen LogP contribution < -0.4 is 4.90 Å². The average molecular weight is 420 g/mol. The summed E-state index contributed by atoms with van der Waals surface area (Å²) in [7, 11) is -3.95. The van der Waals surface area contributed by atoms with Crippen molar-refractivity contribution in [3.8, 4) is 0 Å². The Hall–Kier alpha value is -1.77. The van der Waals surface area contributed by atoms with Crippen molar-refractivity contribution in [1.29, 1.82) is 0 Å². The molecule has 0 N–H and O–H groups in total. The molecule has 0 aliphatic carbocycles. The molecule has 1 fully saturated rings. The largest absolute Gasteiger partial charge is 0.417 e. The molecule has 0 radical (unpaired) electrons. The van der Waals surface area contributed by atoms with Crippen LogP contribution in [-0.4, -0.2) is 27.6 Å². The summed E-state index contributed by atoms with van der Waals surface area (Å²) in [4.78, 5) is 1.65. The first-order valence-electron chi connectivity index (χ1n) is 8.18. The molecule has 1 atom stereocenters. The molecule has 146 valence electrons. The molecule has 9 heteroatoms. The van der Waals surface area contributed by atoms with Gasteiger partial charge < -0.3 is 4.90 Å². The van der Waals surface area contributed by atoms with Crippen LogP contribution in [0.2, 0.25) is 5.02 Å². The molecule has 0 bridgehead atoms. The molecule has 4 nitrogen and oxygen atoms in total. The van der Waals surface area contributed by atoms with E-state index in [1.54, 1.807) is 17.0 Å². The Morgan fingerprint density at radius 2 is 1.81 bits per heavy atom. The Morgan fingerprint density at radius 1 is 1.15 bits per heavy atom. The Morgan fingerprint density at radius 3 is 2.44 bits per heavy atom. The van der Waals surface area contributed by atoms with Gasteiger partial charge >= 0.3 is 6.18 Å². The number of halogens is 4. The fraction of sp³-hybridized carbons (Fsp3) is 0.333. The third kappa shape index (κ3) is 4.39. The summed E-state index contributed by atoms with van der Waals surface area (Å²) in [5.41, 5.74) is 0.212. The van der Waals surface area contributed by atoms with Crippen molar-refractivity contribution in [2.45, 2.75) is 30.5 Å². The second-order valence-corrected chi connectivity index (χ2v) is 8.31. The minimum absolute atomic E-state index is 0.0450. The van der Waals surface area contributed by atoms with E-state index in [-0.39, 0.29) is 17.1 Å². The molecule has 1 unspecified atom stereocenters. The van der Waals surface area contributed by atoms with Crippen molar-refractivity contribution in [3.05, 3.63) is 58.6 Å². The third-order valence-electron chi connectivity index (χ3n) is 4.34. The Kier molecular flexibility index (Phi) is 5.42. The Labute approximate surface area is 160 Å². The Balaban J connectivity index is 1.75. The van der Waals surface area contributed by atoms with Crippen LogP contribution in [0.25, 0.3) is 0 Å². The summed E-state index contributed by atoms with van der Waals surface area (Å²) >= 11 is 5.94. The van der Waals surface area contributed by atoms with Crippen LogP contribution in [0.3, 0.4) is 0 Å². The fourth-order valence-electron chi connectivity index (χ4n) is 2.95. The van der Waals surface area contributed by atoms with Gasteiger partial charge in [-0.05, 0) is 37.6 Å². The standard InChI is InChI=1S/C18H17ClF3NO3S/c1-12-5-7-14(8-6-12)27(24,25)26-13-9-10-23(11-13)16-4-2-3-15(17(16)19)18(20,21)22/h2-8,13H,9-11H2,1H3. The van der Waals surface area contributed by atoms with Gasteiger partial charge in [-0.1, -0.05) is 35.4 Å². The van der Waals surface area contributed by atoms with Crippen LogP contribution in [0.5, 0.6) is 0 Å². The smallest absolute Gasteiger partial charge is 0.368 e. The van der Waals surface area contributed by atoms with Crippen LogP contribution in [0.1, 0.15) is 17.5 Å². The van der Waals surface area contributed by atoms with E-state index in [1.165, 1.54) is 24.3 Å². The summed E-state index contributed by atoms with van der Waals surface area (Å²) in [6, 6.07) is 9.93. The number of hydrogen-bond acceptors (Lipinski definition) is 4. The number of rotatable bonds is 4. The van der Waals surface area contributed by atoms with Gasteiger partial charge in [-0.3, -0.25) is 4.18 Å². The molecule has 0 aromatic heterocycles. The zero-order valence-electron chi connectivity index (χ0n) is 14.3. The molecule has 0 spiro atoms. The average Bonchev–Trinajstić information content (AvgIpc) is 3.02. The molecular formula is C18H17ClF3NO3S. The molecule has 0 saturated carbocycles. The van der Waals surface area contributed by atoms with Crippen LogP contribution in [0.15, 0.2) is 47.4 Å². The van der Waals surface area contributed by atoms with Gasteiger partial charge in [0.05, 0.1) is 27.3 Å². The topological polar surface area (TPSA) is 46.6 Å². The zero-order chi connectivity index (χ0) is 19.8. The molecule has 1 aliphatic rings. The van der Waals surface area contributed by atoms with Crippen molar-refractivity contribution in [1.82, 2.24) is 0 Å². The van der Waals surface area contributed by atoms with Crippen molar-refractivity contribution < 1.29 is 25.8 Å². The predicted octanol–water partition coefficient (Wildman–Crippen LogP) is 4.65. The van der Waals surface area contributed by atoms with E-state index in [2.05, 4.69) is 0 Å². The lowest BCUT2D eigenvalue weighted by Gasteiger charge is -2.22. The van der Waals surface area contributed by atoms with E-state index in [0.29, 0.717) is 13.0 Å². The van der Waals surface area contributed by atoms with Crippen molar-refractivity contribution in [2.24, 2.45) is 0 Å². The van der Waals surface area contributed by atoms with E-state index < -0.39 is 33.0 Å². The van der Waals surface area contributed by atoms with Gasteiger partial charge in [-0.25, -0.2) is 0 Å². The highest BCUT2D eigenvalue weighted by molar-refractivity contribution is 7.86. The van der Waals surface area contributed by atoms with E-state index in [1.807, 2.05) is 6.92 Å². The maximum Gasteiger partial charge on any atom is 0.417 e. The molecule has 1 saturated heterocycles. The summed E-state index contributed by atoms with van der Waals surface area (Å²) < 4.78 is 69.1. The number of benzene rings is 2. The molecule has 27 heavy (non-hydrogen) atoms. The number of alkyl halides is 3. The maximum atomic E-state index is 13.0. The van der Waals surface area contributed by atoms with E-state index in [0.717, 1.165) is 11.6 Å². The highest BCUT2D eigenvalue weighted by Crippen LogP contribution is 2.40. The summed E-state index contributed by atoms with van der Waals surface area (Å²) in [6.45, 7) is 2.31. The summed E-state index contributed by atoms with van der Waals surface area (Å²) in [6.07, 6.45) is -4.86. The van der Waals surface area contributed by atoms with Crippen LogP contribution >= 0.6 is 11.6 Å². The number of anilines is 1. The quantitative estimate of drug-likeness (QED) is 0.677. The van der Waals surface area contributed by atoms with Crippen LogP contribution in [0, 0.1) is 6.92 Å². The van der Waals surface area contributed by atoms with Crippen LogP contribution in [0.4, 0.5) is 18.9 Å². The molecule has 1 heterocycles. The van der Waals surface area contributed by atoms with Gasteiger partial charge in [0.1, 0.15) is 0 Å². The van der Waals surface area contributed by atoms with E-state index in [9.17, 15) is 21.6 Å². The SMILES string of the molecule is Cc1ccc(S(=O)(=O)OC2CCN(c3cccc(C(F)(F)F)c3Cl)C2)cc1. The summed E-state index contributed by atoms with van der Waals surface area (Å²) in [5, 5.41) is -0.396. The number of hydrogen-bond donors (Lipinski definition) is 0. The number of nitrogens with zero attached hydrogens (tertiary/aromatic N) is 1. The second kappa shape index (κ2) is 7.33. The lowest BCUT2D eigenvalue weighted by atomic mass is 10.2. The molecule has 3 rings (SSSR count). The monoisotopic (exact) mass is 419 g/mol. The lowest BCUT2D eigenvalue weighted by Crippen LogP contribution is -2.25. The van der Waals surface area contributed by atoms with Gasteiger partial charge in [-0.2, -0.15) is 21.6 Å². The highest BCUT2D eigenvalue weighted by atomic mass is 35.5. The van der Waals surface area contributed by atoms with Gasteiger partial charge in [0.2, 0.25) is 0 Å². The third-order valence-corrected chi connectivity index (χ3v) is 6.11. The first-order valence-corrected chi connectivity index (χ1v) is 9.97. The first kappa shape index (κ1) is 20.0. The zero-order valence-corrected chi connectivity index (χ0v) is 15.9. The second-order valence-electron chi connectivity index (χ2n) is 6.36. The molecule has 2 aromatic rings. The minimum atomic E-state index is -4.56. The summed E-state index contributed by atoms with van der Waals surface area (Å²) in [5.74, 6) is 0. The van der Waals surface area contributed by atoms with Crippen molar-refractivity contribution >= 4 is 27.4 Å². The molecular weight excluding hydrogens is 403 g/mol. The lowest BCUT2D eigenvalue weighted by molar-refractivity contribution is -0.137. The predicted molar refractivity (Wildman–Crippen MR) is 96.5 cm³/mol. The first-order chi connectivity index (χ1) is 12.6. The molecule has 2 aromatic carbocycles. The highest BCUT2D eigenvalue weighted by Gasteiger charge is 2.36. The maximum absolute atomic E-state index is 13.0. The molecule has 1 aliphatic heterocycles. The van der Waals surface area contributed by atoms with Gasteiger partial charge in [-0.15, -0.1) is 0 Å². The van der Waals surface area contributed by atoms with Gasteiger partial charge in [0.15, 0.2) is 0 Å². The van der Waals surface area contributed by atoms with Crippen molar-refractivity contribution in [2.75, 3.05) is 18.0 Å². The minimum Gasteiger partial charge on any atom is -0.368 e. The van der Waals surface area contributed by atoms with E-state index >= 15 is 0 Å². The van der Waals surface area contributed by atoms with Gasteiger partial charge in [0, 0.05) is 13.1 Å². The fourth-order valence-corrected chi connectivity index (χ4v) is 4.40. The Bertz CT molecular complexity index is 930. The normalized spacial score (nSPS) is 18.1. The molecule has 0 amide bonds. The van der Waals surface area contributed by atoms with E-state index in [4.69, 9.17) is 15.8 Å². The number of aryl methyl sites for hydroxylation is 1. The van der Waals surface area contributed by atoms with Crippen molar-refractivity contribution in [3.63, 3.8) is 0 Å².